The number of nitrogens with zero attached hydrogens (tertiary/aromatic N) is 2. The van der Waals surface area contributed by atoms with Gasteiger partial charge in [0.2, 0.25) is 0 Å². The molecular weight excluding hydrogens is 331 g/mol. The molecule has 1 heterocycles. The Kier molecular flexibility index (Phi) is 5.11. The molecule has 25 heavy (non-hydrogen) atoms. The summed E-state index contributed by atoms with van der Waals surface area (Å²) in [5.41, 5.74) is 1.56. The van der Waals surface area contributed by atoms with Crippen LogP contribution in [0.2, 0.25) is 0 Å². The lowest BCUT2D eigenvalue weighted by Crippen LogP contribution is -2.40. The van der Waals surface area contributed by atoms with Crippen LogP contribution in [0.15, 0.2) is 43.0 Å². The van der Waals surface area contributed by atoms with Gasteiger partial charge in [-0.1, -0.05) is 12.1 Å². The average molecular weight is 351 g/mol. The molecule has 2 aromatic rings. The minimum Gasteiger partial charge on any atom is -0.349 e. The SMILES string of the molecule is O=C(NC1CCC(C(F)(F)F)CC1)c1ccc(Cn2ccnc2)cc1. The van der Waals surface area contributed by atoms with E-state index in [0.29, 0.717) is 24.9 Å². The van der Waals surface area contributed by atoms with E-state index in [1.165, 1.54) is 0 Å². The largest absolute Gasteiger partial charge is 0.391 e. The quantitative estimate of drug-likeness (QED) is 0.911. The number of halogens is 3. The highest BCUT2D eigenvalue weighted by Gasteiger charge is 2.41. The van der Waals surface area contributed by atoms with Crippen molar-refractivity contribution in [2.24, 2.45) is 5.92 Å². The molecule has 1 saturated carbocycles. The van der Waals surface area contributed by atoms with Crippen molar-refractivity contribution in [1.29, 1.82) is 0 Å². The molecule has 0 radical (unpaired) electrons. The number of rotatable bonds is 4. The fourth-order valence-corrected chi connectivity index (χ4v) is 3.19. The molecule has 1 N–H and O–H groups in total. The normalized spacial score (nSPS) is 21.1. The Balaban J connectivity index is 1.52. The zero-order valence-electron chi connectivity index (χ0n) is 13.7. The Morgan fingerprint density at radius 1 is 1.16 bits per heavy atom. The highest BCUT2D eigenvalue weighted by Crippen LogP contribution is 2.37. The summed E-state index contributed by atoms with van der Waals surface area (Å²) < 4.78 is 40.0. The summed E-state index contributed by atoms with van der Waals surface area (Å²) in [5.74, 6) is -1.47. The van der Waals surface area contributed by atoms with Crippen LogP contribution in [0.5, 0.6) is 0 Å². The zero-order chi connectivity index (χ0) is 17.9. The molecule has 1 aromatic heterocycles. The summed E-state index contributed by atoms with van der Waals surface area (Å²) in [5, 5.41) is 2.85. The van der Waals surface area contributed by atoms with Crippen molar-refractivity contribution in [3.63, 3.8) is 0 Å². The van der Waals surface area contributed by atoms with Crippen LogP contribution >= 0.6 is 0 Å². The fourth-order valence-electron chi connectivity index (χ4n) is 3.19. The molecule has 1 aliphatic carbocycles. The summed E-state index contributed by atoms with van der Waals surface area (Å²) in [6.45, 7) is 0.670. The Labute approximate surface area is 144 Å². The Morgan fingerprint density at radius 2 is 1.84 bits per heavy atom. The molecule has 0 spiro atoms. The van der Waals surface area contributed by atoms with Crippen molar-refractivity contribution in [2.45, 2.75) is 44.4 Å². The van der Waals surface area contributed by atoms with Gasteiger partial charge in [-0.15, -0.1) is 0 Å². The van der Waals surface area contributed by atoms with E-state index in [0.717, 1.165) is 5.56 Å². The molecule has 1 fully saturated rings. The van der Waals surface area contributed by atoms with Gasteiger partial charge in [-0.2, -0.15) is 13.2 Å². The van der Waals surface area contributed by atoms with Gasteiger partial charge in [0.25, 0.3) is 5.91 Å². The number of nitrogens with one attached hydrogen (secondary N) is 1. The van der Waals surface area contributed by atoms with Crippen LogP contribution in [0.25, 0.3) is 0 Å². The smallest absolute Gasteiger partial charge is 0.349 e. The number of carbonyl (C=O) groups excluding carboxylic acids is 1. The number of aromatic nitrogens is 2. The van der Waals surface area contributed by atoms with E-state index in [4.69, 9.17) is 0 Å². The van der Waals surface area contributed by atoms with Crippen molar-refractivity contribution in [3.05, 3.63) is 54.1 Å². The van der Waals surface area contributed by atoms with Crippen molar-refractivity contribution >= 4 is 5.91 Å². The van der Waals surface area contributed by atoms with Gasteiger partial charge in [-0.25, -0.2) is 4.98 Å². The van der Waals surface area contributed by atoms with E-state index in [2.05, 4.69) is 10.3 Å². The van der Waals surface area contributed by atoms with Crippen molar-refractivity contribution in [2.75, 3.05) is 0 Å². The van der Waals surface area contributed by atoms with Crippen molar-refractivity contribution in [1.82, 2.24) is 14.9 Å². The maximum absolute atomic E-state index is 12.7. The first kappa shape index (κ1) is 17.5. The highest BCUT2D eigenvalue weighted by atomic mass is 19.4. The van der Waals surface area contributed by atoms with Crippen LogP contribution in [0, 0.1) is 5.92 Å². The second kappa shape index (κ2) is 7.29. The van der Waals surface area contributed by atoms with E-state index < -0.39 is 12.1 Å². The first-order valence-corrected chi connectivity index (χ1v) is 8.34. The average Bonchev–Trinajstić information content (AvgIpc) is 3.08. The van der Waals surface area contributed by atoms with Crippen LogP contribution < -0.4 is 5.32 Å². The lowest BCUT2D eigenvalue weighted by molar-refractivity contribution is -0.182. The monoisotopic (exact) mass is 351 g/mol. The van der Waals surface area contributed by atoms with Gasteiger partial charge in [0.05, 0.1) is 12.2 Å². The summed E-state index contributed by atoms with van der Waals surface area (Å²) in [7, 11) is 0. The topological polar surface area (TPSA) is 46.9 Å². The van der Waals surface area contributed by atoms with Crippen molar-refractivity contribution < 1.29 is 18.0 Å². The Hall–Kier alpha value is -2.31. The molecule has 0 unspecified atom stereocenters. The number of benzene rings is 1. The Bertz CT molecular complexity index is 687. The van der Waals surface area contributed by atoms with Gasteiger partial charge in [-0.05, 0) is 43.4 Å². The third kappa shape index (κ3) is 4.61. The minimum absolute atomic E-state index is 0.0816. The summed E-state index contributed by atoms with van der Waals surface area (Å²) in [6, 6.07) is 7.04. The predicted molar refractivity (Wildman–Crippen MR) is 87.0 cm³/mol. The maximum Gasteiger partial charge on any atom is 0.391 e. The third-order valence-electron chi connectivity index (χ3n) is 4.67. The van der Waals surface area contributed by atoms with Crippen molar-refractivity contribution in [3.8, 4) is 0 Å². The first-order valence-electron chi connectivity index (χ1n) is 8.34. The van der Waals surface area contributed by atoms with Gasteiger partial charge in [-0.3, -0.25) is 4.79 Å². The third-order valence-corrected chi connectivity index (χ3v) is 4.67. The molecule has 1 aliphatic rings. The molecule has 0 aliphatic heterocycles. The molecule has 7 heteroatoms. The van der Waals surface area contributed by atoms with Crippen LogP contribution in [0.1, 0.15) is 41.6 Å². The van der Waals surface area contributed by atoms with E-state index in [1.54, 1.807) is 24.7 Å². The van der Waals surface area contributed by atoms with Crippen LogP contribution in [0.4, 0.5) is 13.2 Å². The molecule has 3 rings (SSSR count). The molecule has 1 aromatic carbocycles. The molecule has 134 valence electrons. The van der Waals surface area contributed by atoms with Crippen LogP contribution in [-0.4, -0.2) is 27.7 Å². The predicted octanol–water partition coefficient (Wildman–Crippen LogP) is 3.78. The number of imidazole rings is 1. The van der Waals surface area contributed by atoms with Gasteiger partial charge in [0.1, 0.15) is 0 Å². The maximum atomic E-state index is 12.7. The second-order valence-corrected chi connectivity index (χ2v) is 6.50. The highest BCUT2D eigenvalue weighted by molar-refractivity contribution is 5.94. The van der Waals surface area contributed by atoms with Gasteiger partial charge < -0.3 is 9.88 Å². The molecule has 0 bridgehead atoms. The molecular formula is C18H20F3N3O. The number of carbonyl (C=O) groups is 1. The number of alkyl halides is 3. The number of hydrogen-bond donors (Lipinski definition) is 1. The first-order chi connectivity index (χ1) is 11.9. The molecule has 4 nitrogen and oxygen atoms in total. The molecule has 0 atom stereocenters. The zero-order valence-corrected chi connectivity index (χ0v) is 13.7. The van der Waals surface area contributed by atoms with E-state index >= 15 is 0 Å². The Morgan fingerprint density at radius 3 is 2.40 bits per heavy atom. The van der Waals surface area contributed by atoms with E-state index in [-0.39, 0.29) is 24.8 Å². The summed E-state index contributed by atoms with van der Waals surface area (Å²) >= 11 is 0. The van der Waals surface area contributed by atoms with Crippen LogP contribution in [-0.2, 0) is 6.54 Å². The standard InChI is InChI=1S/C18H20F3N3O/c19-18(20,21)15-5-7-16(8-6-15)23-17(25)14-3-1-13(2-4-14)11-24-10-9-22-12-24/h1-4,9-10,12,15-16H,5-8,11H2,(H,23,25). The van der Waals surface area contributed by atoms with Gasteiger partial charge in [0.15, 0.2) is 0 Å². The van der Waals surface area contributed by atoms with Crippen LogP contribution in [0.3, 0.4) is 0 Å². The second-order valence-electron chi connectivity index (χ2n) is 6.50. The summed E-state index contributed by atoms with van der Waals surface area (Å²) in [4.78, 5) is 16.2. The van der Waals surface area contributed by atoms with Gasteiger partial charge in [0, 0.05) is 30.5 Å². The van der Waals surface area contributed by atoms with Gasteiger partial charge >= 0.3 is 6.18 Å². The molecule has 0 saturated heterocycles. The minimum atomic E-state index is -4.12. The fraction of sp³-hybridized carbons (Fsp3) is 0.444. The number of amides is 1. The molecule has 1 amide bonds. The number of hydrogen-bond acceptors (Lipinski definition) is 2. The lowest BCUT2D eigenvalue weighted by Gasteiger charge is -2.30. The summed E-state index contributed by atoms with van der Waals surface area (Å²) in [6.07, 6.45) is 2.06. The lowest BCUT2D eigenvalue weighted by atomic mass is 9.85. The van der Waals surface area contributed by atoms with E-state index in [9.17, 15) is 18.0 Å². The van der Waals surface area contributed by atoms with E-state index in [1.807, 2.05) is 22.9 Å².